The Morgan fingerprint density at radius 1 is 1.18 bits per heavy atom. The van der Waals surface area contributed by atoms with Crippen molar-refractivity contribution in [3.05, 3.63) is 63.3 Å². The number of halogens is 3. The van der Waals surface area contributed by atoms with Crippen LogP contribution in [0.1, 0.15) is 5.56 Å². The molecule has 0 unspecified atom stereocenters. The van der Waals surface area contributed by atoms with Gasteiger partial charge in [0.25, 0.3) is 0 Å². The molecule has 2 rings (SSSR count). The van der Waals surface area contributed by atoms with Gasteiger partial charge in [-0.05, 0) is 33.6 Å². The first kappa shape index (κ1) is 12.4. The third kappa shape index (κ3) is 3.20. The second-order valence-electron chi connectivity index (χ2n) is 3.47. The van der Waals surface area contributed by atoms with Gasteiger partial charge in [-0.2, -0.15) is 0 Å². The molecule has 17 heavy (non-hydrogen) atoms. The molecule has 0 fully saturated rings. The molecule has 0 spiro atoms. The van der Waals surface area contributed by atoms with E-state index in [-0.39, 0.29) is 5.75 Å². The fourth-order valence-corrected chi connectivity index (χ4v) is 1.82. The molecule has 0 amide bonds. The summed E-state index contributed by atoms with van der Waals surface area (Å²) in [6, 6.07) is 12.3. The molecule has 2 aromatic carbocycles. The monoisotopic (exact) mass is 314 g/mol. The van der Waals surface area contributed by atoms with Gasteiger partial charge in [-0.15, -0.1) is 0 Å². The topological polar surface area (TPSA) is 9.23 Å². The summed E-state index contributed by atoms with van der Waals surface area (Å²) >= 11 is 8.99. The van der Waals surface area contributed by atoms with Crippen molar-refractivity contribution < 1.29 is 9.13 Å². The Morgan fingerprint density at radius 2 is 1.88 bits per heavy atom. The zero-order valence-electron chi connectivity index (χ0n) is 8.79. The van der Waals surface area contributed by atoms with Gasteiger partial charge in [-0.3, -0.25) is 0 Å². The Morgan fingerprint density at radius 3 is 2.59 bits per heavy atom. The molecular formula is C13H9BrClFO. The molecule has 0 bridgehead atoms. The lowest BCUT2D eigenvalue weighted by Gasteiger charge is -2.08. The number of rotatable bonds is 3. The van der Waals surface area contributed by atoms with E-state index in [4.69, 9.17) is 16.3 Å². The summed E-state index contributed by atoms with van der Waals surface area (Å²) in [7, 11) is 0. The first-order valence-corrected chi connectivity index (χ1v) is 6.15. The summed E-state index contributed by atoms with van der Waals surface area (Å²) in [6.45, 7) is 0.325. The van der Waals surface area contributed by atoms with E-state index in [0.717, 1.165) is 5.56 Å². The summed E-state index contributed by atoms with van der Waals surface area (Å²) < 4.78 is 19.5. The van der Waals surface area contributed by atoms with Crippen LogP contribution in [0.5, 0.6) is 5.75 Å². The maximum Gasteiger partial charge on any atom is 0.166 e. The summed E-state index contributed by atoms with van der Waals surface area (Å²) in [6.07, 6.45) is 0. The lowest BCUT2D eigenvalue weighted by atomic mass is 10.2. The van der Waals surface area contributed by atoms with Gasteiger partial charge in [0, 0.05) is 4.47 Å². The van der Waals surface area contributed by atoms with Gasteiger partial charge in [-0.1, -0.05) is 41.9 Å². The van der Waals surface area contributed by atoms with Crippen LogP contribution < -0.4 is 4.74 Å². The van der Waals surface area contributed by atoms with Gasteiger partial charge in [0.1, 0.15) is 6.61 Å². The first-order valence-electron chi connectivity index (χ1n) is 4.98. The van der Waals surface area contributed by atoms with Crippen molar-refractivity contribution in [1.29, 1.82) is 0 Å². The zero-order chi connectivity index (χ0) is 12.3. The number of ether oxygens (including phenoxy) is 1. The quantitative estimate of drug-likeness (QED) is 0.738. The molecule has 0 saturated heterocycles. The van der Waals surface area contributed by atoms with Crippen molar-refractivity contribution in [2.45, 2.75) is 6.61 Å². The fraction of sp³-hybridized carbons (Fsp3) is 0.0769. The maximum absolute atomic E-state index is 13.5. The summed E-state index contributed by atoms with van der Waals surface area (Å²) in [4.78, 5) is 0. The molecule has 0 aliphatic carbocycles. The molecule has 0 heterocycles. The first-order chi connectivity index (χ1) is 8.16. The van der Waals surface area contributed by atoms with E-state index in [0.29, 0.717) is 16.1 Å². The Labute approximate surface area is 112 Å². The molecule has 0 aliphatic heterocycles. The SMILES string of the molecule is Fc1cc(Cl)c(Br)cc1OCc1ccccc1. The minimum atomic E-state index is -0.464. The predicted octanol–water partition coefficient (Wildman–Crippen LogP) is 4.82. The number of hydrogen-bond acceptors (Lipinski definition) is 1. The lowest BCUT2D eigenvalue weighted by Crippen LogP contribution is -1.97. The Balaban J connectivity index is 2.12. The van der Waals surface area contributed by atoms with Gasteiger partial charge in [0.05, 0.1) is 5.02 Å². The van der Waals surface area contributed by atoms with Crippen LogP contribution in [0, 0.1) is 5.82 Å². The highest BCUT2D eigenvalue weighted by atomic mass is 79.9. The van der Waals surface area contributed by atoms with Gasteiger partial charge in [0.2, 0.25) is 0 Å². The highest BCUT2D eigenvalue weighted by Crippen LogP contribution is 2.30. The van der Waals surface area contributed by atoms with Crippen molar-refractivity contribution in [3.63, 3.8) is 0 Å². The molecule has 0 radical (unpaired) electrons. The van der Waals surface area contributed by atoms with Crippen molar-refractivity contribution in [1.82, 2.24) is 0 Å². The molecule has 0 aliphatic rings. The highest BCUT2D eigenvalue weighted by Gasteiger charge is 2.08. The Hall–Kier alpha value is -1.06. The van der Waals surface area contributed by atoms with E-state index in [2.05, 4.69) is 15.9 Å². The Bertz CT molecular complexity index is 516. The molecule has 4 heteroatoms. The summed E-state index contributed by atoms with van der Waals surface area (Å²) in [5, 5.41) is 0.328. The minimum absolute atomic E-state index is 0.185. The van der Waals surface area contributed by atoms with E-state index in [1.807, 2.05) is 30.3 Å². The van der Waals surface area contributed by atoms with Crippen LogP contribution in [0.3, 0.4) is 0 Å². The summed E-state index contributed by atoms with van der Waals surface area (Å²) in [5.41, 5.74) is 0.984. The van der Waals surface area contributed by atoms with Crippen LogP contribution in [0.2, 0.25) is 5.02 Å². The number of hydrogen-bond donors (Lipinski definition) is 0. The second kappa shape index (κ2) is 5.52. The highest BCUT2D eigenvalue weighted by molar-refractivity contribution is 9.10. The van der Waals surface area contributed by atoms with Crippen LogP contribution in [-0.4, -0.2) is 0 Å². The van der Waals surface area contributed by atoms with Gasteiger partial charge < -0.3 is 4.74 Å². The van der Waals surface area contributed by atoms with Crippen molar-refractivity contribution in [3.8, 4) is 5.75 Å². The molecule has 0 N–H and O–H groups in total. The van der Waals surface area contributed by atoms with E-state index >= 15 is 0 Å². The van der Waals surface area contributed by atoms with Crippen molar-refractivity contribution in [2.75, 3.05) is 0 Å². The molecule has 0 aromatic heterocycles. The van der Waals surface area contributed by atoms with Crippen LogP contribution in [0.15, 0.2) is 46.9 Å². The standard InChI is InChI=1S/C13H9BrClFO/c14-10-6-13(12(16)7-11(10)15)17-8-9-4-2-1-3-5-9/h1-7H,8H2. The van der Waals surface area contributed by atoms with Crippen LogP contribution >= 0.6 is 27.5 Å². The van der Waals surface area contributed by atoms with Crippen LogP contribution in [0.4, 0.5) is 4.39 Å². The van der Waals surface area contributed by atoms with Crippen molar-refractivity contribution >= 4 is 27.5 Å². The van der Waals surface area contributed by atoms with Gasteiger partial charge in [0.15, 0.2) is 11.6 Å². The largest absolute Gasteiger partial charge is 0.486 e. The molecule has 0 atom stereocenters. The maximum atomic E-state index is 13.5. The third-order valence-corrected chi connectivity index (χ3v) is 3.41. The second-order valence-corrected chi connectivity index (χ2v) is 4.73. The average Bonchev–Trinajstić information content (AvgIpc) is 2.33. The molecular weight excluding hydrogens is 306 g/mol. The zero-order valence-corrected chi connectivity index (χ0v) is 11.1. The molecule has 88 valence electrons. The molecule has 1 nitrogen and oxygen atoms in total. The van der Waals surface area contributed by atoms with Crippen molar-refractivity contribution in [2.24, 2.45) is 0 Å². The van der Waals surface area contributed by atoms with E-state index in [1.165, 1.54) is 12.1 Å². The lowest BCUT2D eigenvalue weighted by molar-refractivity contribution is 0.290. The van der Waals surface area contributed by atoms with E-state index in [1.54, 1.807) is 0 Å². The molecule has 0 saturated carbocycles. The fourth-order valence-electron chi connectivity index (χ4n) is 1.35. The van der Waals surface area contributed by atoms with Crippen LogP contribution in [-0.2, 0) is 6.61 Å². The number of benzene rings is 2. The van der Waals surface area contributed by atoms with Gasteiger partial charge >= 0.3 is 0 Å². The van der Waals surface area contributed by atoms with E-state index in [9.17, 15) is 4.39 Å². The normalized spacial score (nSPS) is 10.3. The minimum Gasteiger partial charge on any atom is -0.486 e. The van der Waals surface area contributed by atoms with Crippen LogP contribution in [0.25, 0.3) is 0 Å². The Kier molecular flexibility index (Phi) is 4.02. The predicted molar refractivity (Wildman–Crippen MR) is 69.9 cm³/mol. The average molecular weight is 316 g/mol. The smallest absolute Gasteiger partial charge is 0.166 e. The van der Waals surface area contributed by atoms with E-state index < -0.39 is 5.82 Å². The summed E-state index contributed by atoms with van der Waals surface area (Å²) in [5.74, 6) is -0.278. The third-order valence-electron chi connectivity index (χ3n) is 2.21. The molecule has 2 aromatic rings. The van der Waals surface area contributed by atoms with Gasteiger partial charge in [-0.25, -0.2) is 4.39 Å².